The summed E-state index contributed by atoms with van der Waals surface area (Å²) in [6, 6.07) is 17.9. The molecule has 2 aromatic rings. The third-order valence-electron chi connectivity index (χ3n) is 4.63. The predicted octanol–water partition coefficient (Wildman–Crippen LogP) is 4.49. The summed E-state index contributed by atoms with van der Waals surface area (Å²) in [5, 5.41) is 12.9. The Bertz CT molecular complexity index is 827. The predicted molar refractivity (Wildman–Crippen MR) is 121 cm³/mol. The minimum Gasteiger partial charge on any atom is -0.464 e. The van der Waals surface area contributed by atoms with Gasteiger partial charge in [0.15, 0.2) is 6.10 Å². The molecule has 2 N–H and O–H groups in total. The lowest BCUT2D eigenvalue weighted by atomic mass is 9.98. The number of carbonyl (C=O) groups is 2. The van der Waals surface area contributed by atoms with Gasteiger partial charge in [0.05, 0.1) is 6.61 Å². The highest BCUT2D eigenvalue weighted by Crippen LogP contribution is 2.20. The first-order valence-electron chi connectivity index (χ1n) is 10.7. The van der Waals surface area contributed by atoms with Gasteiger partial charge in [0, 0.05) is 12.5 Å². The van der Waals surface area contributed by atoms with Crippen LogP contribution in [0.1, 0.15) is 46.1 Å². The van der Waals surface area contributed by atoms with E-state index in [0.717, 1.165) is 16.7 Å². The quantitative estimate of drug-likeness (QED) is 0.576. The lowest BCUT2D eigenvalue weighted by Crippen LogP contribution is -2.42. The Kier molecular flexibility index (Phi) is 9.06. The third kappa shape index (κ3) is 8.80. The Morgan fingerprint density at radius 2 is 1.61 bits per heavy atom. The minimum atomic E-state index is -1.31. The Labute approximate surface area is 184 Å². The van der Waals surface area contributed by atoms with Gasteiger partial charge in [-0.2, -0.15) is 0 Å². The van der Waals surface area contributed by atoms with Gasteiger partial charge in [0.1, 0.15) is 5.60 Å². The Balaban J connectivity index is 2.02. The van der Waals surface area contributed by atoms with E-state index in [-0.39, 0.29) is 13.0 Å². The maximum atomic E-state index is 12.2. The second-order valence-corrected chi connectivity index (χ2v) is 8.45. The molecule has 0 fully saturated rings. The van der Waals surface area contributed by atoms with Gasteiger partial charge in [-0.15, -0.1) is 0 Å². The lowest BCUT2D eigenvalue weighted by Gasteiger charge is -2.24. The average molecular weight is 428 g/mol. The molecule has 2 aromatic carbocycles. The second-order valence-electron chi connectivity index (χ2n) is 8.45. The molecular weight excluding hydrogens is 394 g/mol. The van der Waals surface area contributed by atoms with Crippen LogP contribution in [-0.4, -0.2) is 41.5 Å². The summed E-state index contributed by atoms with van der Waals surface area (Å²) in [6.07, 6.45) is -0.612. The molecule has 0 saturated heterocycles. The molecule has 0 aromatic heterocycles. The molecule has 0 aliphatic carbocycles. The van der Waals surface area contributed by atoms with Crippen molar-refractivity contribution < 1.29 is 24.2 Å². The zero-order valence-corrected chi connectivity index (χ0v) is 18.8. The number of aliphatic hydroxyl groups is 1. The Morgan fingerprint density at radius 3 is 2.19 bits per heavy atom. The fraction of sp³-hybridized carbons (Fsp3) is 0.440. The van der Waals surface area contributed by atoms with E-state index in [1.807, 2.05) is 18.2 Å². The molecule has 0 heterocycles. The lowest BCUT2D eigenvalue weighted by molar-refractivity contribution is -0.153. The van der Waals surface area contributed by atoms with Crippen molar-refractivity contribution in [3.8, 4) is 11.1 Å². The summed E-state index contributed by atoms with van der Waals surface area (Å²) < 4.78 is 10.2. The van der Waals surface area contributed by atoms with Gasteiger partial charge < -0.3 is 19.9 Å². The van der Waals surface area contributed by atoms with Crippen LogP contribution in [0.15, 0.2) is 54.6 Å². The van der Waals surface area contributed by atoms with E-state index in [4.69, 9.17) is 9.47 Å². The number of nitrogens with one attached hydrogen (secondary N) is 1. The number of aryl methyl sites for hydroxylation is 1. The molecule has 1 amide bonds. The van der Waals surface area contributed by atoms with E-state index in [1.165, 1.54) is 0 Å². The number of alkyl carbamates (subject to hydrolysis) is 1. The van der Waals surface area contributed by atoms with Crippen molar-refractivity contribution in [2.75, 3.05) is 6.61 Å². The number of hydrogen-bond acceptors (Lipinski definition) is 5. The maximum absolute atomic E-state index is 12.2. The summed E-state index contributed by atoms with van der Waals surface area (Å²) in [4.78, 5) is 24.1. The van der Waals surface area contributed by atoms with Crippen LogP contribution < -0.4 is 5.32 Å². The fourth-order valence-electron chi connectivity index (χ4n) is 3.16. The van der Waals surface area contributed by atoms with Crippen LogP contribution in [-0.2, 0) is 20.7 Å². The first kappa shape index (κ1) is 24.4. The SMILES string of the molecule is CCOC(=O)C(O)C[C@@H](CCc1ccc(-c2ccccc2)cc1)NC(=O)OC(C)(C)C. The standard InChI is InChI=1S/C25H33NO5/c1-5-30-23(28)22(27)17-21(26-24(29)31-25(2,3)4)16-13-18-11-14-20(15-12-18)19-9-7-6-8-10-19/h6-12,14-15,21-22,27H,5,13,16-17H2,1-4H3,(H,26,29)/t21-,22?/m1/s1. The molecule has 31 heavy (non-hydrogen) atoms. The summed E-state index contributed by atoms with van der Waals surface area (Å²) in [5.74, 6) is -0.689. The topological polar surface area (TPSA) is 84.9 Å². The van der Waals surface area contributed by atoms with Crippen LogP contribution in [0.5, 0.6) is 0 Å². The maximum Gasteiger partial charge on any atom is 0.407 e. The normalized spacial score (nSPS) is 13.2. The summed E-state index contributed by atoms with van der Waals surface area (Å²) in [5.41, 5.74) is 2.74. The highest BCUT2D eigenvalue weighted by molar-refractivity contribution is 5.74. The van der Waals surface area contributed by atoms with Gasteiger partial charge in [-0.05, 0) is 57.2 Å². The van der Waals surface area contributed by atoms with Gasteiger partial charge in [-0.1, -0.05) is 54.6 Å². The molecule has 0 radical (unpaired) electrons. The number of hydrogen-bond donors (Lipinski definition) is 2. The van der Waals surface area contributed by atoms with Crippen LogP contribution in [0, 0.1) is 0 Å². The summed E-state index contributed by atoms with van der Waals surface area (Å²) >= 11 is 0. The molecule has 0 aliphatic rings. The Hall–Kier alpha value is -2.86. The van der Waals surface area contributed by atoms with Gasteiger partial charge >= 0.3 is 12.1 Å². The third-order valence-corrected chi connectivity index (χ3v) is 4.63. The van der Waals surface area contributed by atoms with E-state index in [0.29, 0.717) is 12.8 Å². The number of amides is 1. The van der Waals surface area contributed by atoms with Crippen molar-refractivity contribution >= 4 is 12.1 Å². The van der Waals surface area contributed by atoms with E-state index in [1.54, 1.807) is 27.7 Å². The van der Waals surface area contributed by atoms with Crippen molar-refractivity contribution in [1.29, 1.82) is 0 Å². The zero-order valence-electron chi connectivity index (χ0n) is 18.8. The highest BCUT2D eigenvalue weighted by Gasteiger charge is 2.25. The Morgan fingerprint density at radius 1 is 1.00 bits per heavy atom. The fourth-order valence-corrected chi connectivity index (χ4v) is 3.16. The summed E-state index contributed by atoms with van der Waals surface area (Å²) in [7, 11) is 0. The minimum absolute atomic E-state index is 0.0557. The van der Waals surface area contributed by atoms with E-state index in [9.17, 15) is 14.7 Å². The van der Waals surface area contributed by atoms with Crippen molar-refractivity contribution in [2.24, 2.45) is 0 Å². The van der Waals surface area contributed by atoms with Crippen molar-refractivity contribution in [2.45, 2.75) is 64.7 Å². The highest BCUT2D eigenvalue weighted by atomic mass is 16.6. The van der Waals surface area contributed by atoms with Crippen LogP contribution in [0.4, 0.5) is 4.79 Å². The van der Waals surface area contributed by atoms with Crippen molar-refractivity contribution in [1.82, 2.24) is 5.32 Å². The van der Waals surface area contributed by atoms with E-state index in [2.05, 4.69) is 41.7 Å². The first-order chi connectivity index (χ1) is 14.7. The van der Waals surface area contributed by atoms with Gasteiger partial charge in [0.2, 0.25) is 0 Å². The first-order valence-corrected chi connectivity index (χ1v) is 10.7. The van der Waals surface area contributed by atoms with Crippen LogP contribution in [0.3, 0.4) is 0 Å². The van der Waals surface area contributed by atoms with Crippen molar-refractivity contribution in [3.05, 3.63) is 60.2 Å². The molecule has 0 bridgehead atoms. The zero-order chi connectivity index (χ0) is 22.9. The molecule has 0 saturated carbocycles. The van der Waals surface area contributed by atoms with Crippen molar-refractivity contribution in [3.63, 3.8) is 0 Å². The molecule has 168 valence electrons. The molecule has 6 nitrogen and oxygen atoms in total. The number of ether oxygens (including phenoxy) is 2. The number of benzene rings is 2. The van der Waals surface area contributed by atoms with E-state index >= 15 is 0 Å². The van der Waals surface area contributed by atoms with Gasteiger partial charge in [-0.3, -0.25) is 0 Å². The van der Waals surface area contributed by atoms with Crippen LogP contribution in [0.2, 0.25) is 0 Å². The van der Waals surface area contributed by atoms with E-state index < -0.39 is 29.8 Å². The molecule has 2 atom stereocenters. The number of esters is 1. The number of rotatable bonds is 9. The second kappa shape index (κ2) is 11.5. The molecule has 0 spiro atoms. The smallest absolute Gasteiger partial charge is 0.407 e. The largest absolute Gasteiger partial charge is 0.464 e. The van der Waals surface area contributed by atoms with Crippen LogP contribution >= 0.6 is 0 Å². The number of aliphatic hydroxyl groups excluding tert-OH is 1. The molecule has 6 heteroatoms. The summed E-state index contributed by atoms with van der Waals surface area (Å²) in [6.45, 7) is 7.21. The monoisotopic (exact) mass is 427 g/mol. The van der Waals surface area contributed by atoms with Gasteiger partial charge in [-0.25, -0.2) is 9.59 Å². The average Bonchev–Trinajstić information content (AvgIpc) is 2.71. The molecule has 1 unspecified atom stereocenters. The number of carbonyl (C=O) groups excluding carboxylic acids is 2. The van der Waals surface area contributed by atoms with Gasteiger partial charge in [0.25, 0.3) is 0 Å². The molecule has 0 aliphatic heterocycles. The van der Waals surface area contributed by atoms with Crippen LogP contribution in [0.25, 0.3) is 11.1 Å². The molecular formula is C25H33NO5. The molecule has 2 rings (SSSR count).